The van der Waals surface area contributed by atoms with Crippen LogP contribution in [0.25, 0.3) is 0 Å². The van der Waals surface area contributed by atoms with E-state index in [4.69, 9.17) is 37.4 Å². The van der Waals surface area contributed by atoms with Gasteiger partial charge in [0.2, 0.25) is 0 Å². The lowest BCUT2D eigenvalue weighted by molar-refractivity contribution is -0.123. The summed E-state index contributed by atoms with van der Waals surface area (Å²) < 4.78 is 15.4. The van der Waals surface area contributed by atoms with Crippen molar-refractivity contribution >= 4 is 40.8 Å². The van der Waals surface area contributed by atoms with Gasteiger partial charge >= 0.3 is 5.97 Å². The van der Waals surface area contributed by atoms with E-state index in [1.165, 1.54) is 33.3 Å². The molecule has 0 bridgehead atoms. The molecule has 138 valence electrons. The van der Waals surface area contributed by atoms with Crippen LogP contribution in [0.5, 0.6) is 11.5 Å². The molecule has 0 saturated carbocycles. The van der Waals surface area contributed by atoms with Gasteiger partial charge in [0, 0.05) is 0 Å². The van der Waals surface area contributed by atoms with Crippen molar-refractivity contribution in [2.75, 3.05) is 19.5 Å². The first-order valence-electron chi connectivity index (χ1n) is 7.55. The number of carbonyl (C=O) groups is 2. The molecule has 0 heterocycles. The fourth-order valence-corrected chi connectivity index (χ4v) is 2.59. The number of amides is 1. The number of benzene rings is 2. The van der Waals surface area contributed by atoms with Gasteiger partial charge in [0.1, 0.15) is 0 Å². The first-order chi connectivity index (χ1) is 12.4. The molecule has 0 fully saturated rings. The molecule has 1 amide bonds. The molecule has 2 rings (SSSR count). The summed E-state index contributed by atoms with van der Waals surface area (Å²) in [7, 11) is 2.85. The average molecular weight is 398 g/mol. The molecular weight excluding hydrogens is 381 g/mol. The van der Waals surface area contributed by atoms with Crippen LogP contribution in [-0.4, -0.2) is 32.2 Å². The molecular formula is C18H17Cl2NO5. The van der Waals surface area contributed by atoms with E-state index in [0.29, 0.717) is 16.5 Å². The Bertz CT molecular complexity index is 825. The highest BCUT2D eigenvalue weighted by Crippen LogP contribution is 2.36. The third-order valence-electron chi connectivity index (χ3n) is 3.45. The van der Waals surface area contributed by atoms with Gasteiger partial charge < -0.3 is 19.5 Å². The standard InChI is InChI=1S/C18H17Cl2NO5/c1-10(17(22)21-14-7-5-4-6-12(14)19)26-18(23)11-8-13(20)16(25-3)15(9-11)24-2/h4-10H,1-3H3,(H,21,22)/t10-/m0/s1. The molecule has 1 N–H and O–H groups in total. The predicted molar refractivity (Wildman–Crippen MR) is 99.5 cm³/mol. The normalized spacial score (nSPS) is 11.4. The van der Waals surface area contributed by atoms with Crippen LogP contribution in [0.4, 0.5) is 5.69 Å². The molecule has 0 spiro atoms. The number of halogens is 2. The number of nitrogens with one attached hydrogen (secondary N) is 1. The zero-order valence-electron chi connectivity index (χ0n) is 14.3. The van der Waals surface area contributed by atoms with Gasteiger partial charge in [-0.1, -0.05) is 35.3 Å². The van der Waals surface area contributed by atoms with Gasteiger partial charge in [-0.2, -0.15) is 0 Å². The van der Waals surface area contributed by atoms with E-state index in [9.17, 15) is 9.59 Å². The highest BCUT2D eigenvalue weighted by atomic mass is 35.5. The van der Waals surface area contributed by atoms with Gasteiger partial charge in [0.25, 0.3) is 5.91 Å². The minimum Gasteiger partial charge on any atom is -0.493 e. The quantitative estimate of drug-likeness (QED) is 0.739. The number of hydrogen-bond donors (Lipinski definition) is 1. The summed E-state index contributed by atoms with van der Waals surface area (Å²) in [6, 6.07) is 9.55. The maximum atomic E-state index is 12.3. The van der Waals surface area contributed by atoms with Crippen molar-refractivity contribution in [3.63, 3.8) is 0 Å². The van der Waals surface area contributed by atoms with E-state index >= 15 is 0 Å². The maximum Gasteiger partial charge on any atom is 0.339 e. The second-order valence-electron chi connectivity index (χ2n) is 5.21. The van der Waals surface area contributed by atoms with E-state index < -0.39 is 18.0 Å². The summed E-state index contributed by atoms with van der Waals surface area (Å²) >= 11 is 12.1. The molecule has 6 nitrogen and oxygen atoms in total. The summed E-state index contributed by atoms with van der Waals surface area (Å²) in [5.41, 5.74) is 0.557. The van der Waals surface area contributed by atoms with E-state index in [0.717, 1.165) is 0 Å². The number of esters is 1. The zero-order valence-corrected chi connectivity index (χ0v) is 15.9. The molecule has 0 aromatic heterocycles. The fourth-order valence-electron chi connectivity index (χ4n) is 2.11. The molecule has 26 heavy (non-hydrogen) atoms. The number of rotatable bonds is 6. The lowest BCUT2D eigenvalue weighted by Crippen LogP contribution is -2.30. The Morgan fingerprint density at radius 1 is 1.04 bits per heavy atom. The Morgan fingerprint density at radius 3 is 2.35 bits per heavy atom. The average Bonchev–Trinajstić information content (AvgIpc) is 2.62. The van der Waals surface area contributed by atoms with Crippen molar-refractivity contribution in [3.05, 3.63) is 52.0 Å². The molecule has 0 aliphatic carbocycles. The van der Waals surface area contributed by atoms with E-state index in [-0.39, 0.29) is 16.3 Å². The zero-order chi connectivity index (χ0) is 19.3. The summed E-state index contributed by atoms with van der Waals surface area (Å²) in [6.07, 6.45) is -1.05. The van der Waals surface area contributed by atoms with Gasteiger partial charge in [-0.05, 0) is 31.2 Å². The van der Waals surface area contributed by atoms with Crippen molar-refractivity contribution < 1.29 is 23.8 Å². The number of methoxy groups -OCH3 is 2. The van der Waals surface area contributed by atoms with Crippen LogP contribution in [0.3, 0.4) is 0 Å². The molecule has 8 heteroatoms. The van der Waals surface area contributed by atoms with Crippen LogP contribution in [0.2, 0.25) is 10.0 Å². The minimum atomic E-state index is -1.05. The van der Waals surface area contributed by atoms with Crippen molar-refractivity contribution in [1.82, 2.24) is 0 Å². The Balaban J connectivity index is 2.10. The van der Waals surface area contributed by atoms with Crippen LogP contribution >= 0.6 is 23.2 Å². The van der Waals surface area contributed by atoms with Crippen LogP contribution in [-0.2, 0) is 9.53 Å². The first kappa shape index (κ1) is 19.9. The van der Waals surface area contributed by atoms with Crippen LogP contribution in [0, 0.1) is 0 Å². The van der Waals surface area contributed by atoms with Gasteiger partial charge in [0.15, 0.2) is 17.6 Å². The fraction of sp³-hybridized carbons (Fsp3) is 0.222. The minimum absolute atomic E-state index is 0.130. The molecule has 2 aromatic carbocycles. The summed E-state index contributed by atoms with van der Waals surface area (Å²) in [5.74, 6) is -0.664. The highest BCUT2D eigenvalue weighted by molar-refractivity contribution is 6.33. The lowest BCUT2D eigenvalue weighted by Gasteiger charge is -2.15. The third-order valence-corrected chi connectivity index (χ3v) is 4.06. The van der Waals surface area contributed by atoms with Crippen molar-refractivity contribution in [2.24, 2.45) is 0 Å². The second kappa shape index (κ2) is 8.78. The van der Waals surface area contributed by atoms with Gasteiger partial charge in [0.05, 0.1) is 35.5 Å². The second-order valence-corrected chi connectivity index (χ2v) is 6.02. The van der Waals surface area contributed by atoms with Crippen LogP contribution < -0.4 is 14.8 Å². The molecule has 2 aromatic rings. The summed E-state index contributed by atoms with van der Waals surface area (Å²) in [5, 5.41) is 3.17. The Kier molecular flexibility index (Phi) is 6.71. The first-order valence-corrected chi connectivity index (χ1v) is 8.30. The smallest absolute Gasteiger partial charge is 0.339 e. The topological polar surface area (TPSA) is 73.9 Å². The predicted octanol–water partition coefficient (Wildman–Crippen LogP) is 4.19. The van der Waals surface area contributed by atoms with Gasteiger partial charge in [-0.3, -0.25) is 4.79 Å². The van der Waals surface area contributed by atoms with Gasteiger partial charge in [-0.25, -0.2) is 4.79 Å². The monoisotopic (exact) mass is 397 g/mol. The molecule has 0 aliphatic heterocycles. The van der Waals surface area contributed by atoms with Gasteiger partial charge in [-0.15, -0.1) is 0 Å². The molecule has 1 atom stereocenters. The van der Waals surface area contributed by atoms with Crippen molar-refractivity contribution in [1.29, 1.82) is 0 Å². The Labute approximate surface area is 160 Å². The third kappa shape index (κ3) is 4.59. The van der Waals surface area contributed by atoms with E-state index in [1.807, 2.05) is 0 Å². The Hall–Kier alpha value is -2.44. The van der Waals surface area contributed by atoms with Crippen LogP contribution in [0.1, 0.15) is 17.3 Å². The SMILES string of the molecule is COc1cc(C(=O)O[C@@H](C)C(=O)Nc2ccccc2Cl)cc(Cl)c1OC. The van der Waals surface area contributed by atoms with Crippen LogP contribution in [0.15, 0.2) is 36.4 Å². The molecule has 0 radical (unpaired) electrons. The maximum absolute atomic E-state index is 12.3. The largest absolute Gasteiger partial charge is 0.493 e. The number of para-hydroxylation sites is 1. The number of hydrogen-bond acceptors (Lipinski definition) is 5. The summed E-state index contributed by atoms with van der Waals surface area (Å²) in [4.78, 5) is 24.5. The van der Waals surface area contributed by atoms with Crippen molar-refractivity contribution in [3.8, 4) is 11.5 Å². The number of anilines is 1. The highest BCUT2D eigenvalue weighted by Gasteiger charge is 2.22. The van der Waals surface area contributed by atoms with E-state index in [1.54, 1.807) is 24.3 Å². The molecule has 0 aliphatic rings. The Morgan fingerprint density at radius 2 is 1.73 bits per heavy atom. The summed E-state index contributed by atoms with van der Waals surface area (Å²) in [6.45, 7) is 1.45. The van der Waals surface area contributed by atoms with Crippen molar-refractivity contribution in [2.45, 2.75) is 13.0 Å². The lowest BCUT2D eigenvalue weighted by atomic mass is 10.2. The molecule has 0 unspecified atom stereocenters. The molecule has 0 saturated heterocycles. The number of ether oxygens (including phenoxy) is 3. The van der Waals surface area contributed by atoms with E-state index in [2.05, 4.69) is 5.32 Å². The number of carbonyl (C=O) groups excluding carboxylic acids is 2.